The molecule has 2 N–H and O–H groups in total. The predicted octanol–water partition coefficient (Wildman–Crippen LogP) is 1.66. The van der Waals surface area contributed by atoms with Gasteiger partial charge in [0.25, 0.3) is 0 Å². The molecule has 0 saturated heterocycles. The van der Waals surface area contributed by atoms with Crippen LogP contribution in [0.25, 0.3) is 0 Å². The van der Waals surface area contributed by atoms with Crippen molar-refractivity contribution < 1.29 is 19.4 Å². The number of carboxylic acids is 1. The lowest BCUT2D eigenvalue weighted by Gasteiger charge is -2.25. The van der Waals surface area contributed by atoms with Gasteiger partial charge >= 0.3 is 5.97 Å². The summed E-state index contributed by atoms with van der Waals surface area (Å²) >= 11 is 0. The quantitative estimate of drug-likeness (QED) is 0.523. The van der Waals surface area contributed by atoms with Crippen LogP contribution in [-0.2, 0) is 14.3 Å². The lowest BCUT2D eigenvalue weighted by Crippen LogP contribution is -2.49. The number of nitrogens with one attached hydrogen (secondary N) is 1. The number of aliphatic carboxylic acids is 1. The van der Waals surface area contributed by atoms with Crippen LogP contribution >= 0.6 is 0 Å². The van der Waals surface area contributed by atoms with Crippen LogP contribution in [0, 0.1) is 0 Å². The van der Waals surface area contributed by atoms with Crippen LogP contribution in [0.15, 0.2) is 0 Å². The summed E-state index contributed by atoms with van der Waals surface area (Å²) in [6.45, 7) is 6.43. The van der Waals surface area contributed by atoms with Crippen molar-refractivity contribution in [3.8, 4) is 0 Å². The van der Waals surface area contributed by atoms with Gasteiger partial charge in [-0.05, 0) is 39.2 Å². The average Bonchev–Trinajstić information content (AvgIpc) is 2.33. The Balaban J connectivity index is 3.59. The van der Waals surface area contributed by atoms with Gasteiger partial charge in [0.2, 0.25) is 0 Å². The van der Waals surface area contributed by atoms with Crippen LogP contribution in [0.3, 0.4) is 0 Å². The molecule has 0 heterocycles. The molecule has 5 nitrogen and oxygen atoms in total. The Bertz CT molecular complexity index is 223. The molecule has 0 aliphatic heterocycles. The molecule has 0 aromatic heterocycles. The SMILES string of the molecule is CCNC(C)(CCCCOCCCOC)C(=O)O. The summed E-state index contributed by atoms with van der Waals surface area (Å²) in [4.78, 5) is 11.1. The molecule has 0 radical (unpaired) electrons. The van der Waals surface area contributed by atoms with Crippen molar-refractivity contribution in [1.82, 2.24) is 5.32 Å². The molecule has 0 aliphatic rings. The lowest BCUT2D eigenvalue weighted by molar-refractivity contribution is -0.144. The van der Waals surface area contributed by atoms with Gasteiger partial charge in [-0.2, -0.15) is 0 Å². The fourth-order valence-corrected chi connectivity index (χ4v) is 1.75. The van der Waals surface area contributed by atoms with Gasteiger partial charge in [0.05, 0.1) is 0 Å². The van der Waals surface area contributed by atoms with Gasteiger partial charge in [-0.15, -0.1) is 0 Å². The third-order valence-electron chi connectivity index (χ3n) is 2.89. The largest absolute Gasteiger partial charge is 0.480 e. The molecule has 0 bridgehead atoms. The highest BCUT2D eigenvalue weighted by Crippen LogP contribution is 2.14. The van der Waals surface area contributed by atoms with E-state index in [0.717, 1.165) is 25.9 Å². The zero-order valence-electron chi connectivity index (χ0n) is 11.8. The average molecular weight is 261 g/mol. The van der Waals surface area contributed by atoms with E-state index in [0.29, 0.717) is 26.2 Å². The summed E-state index contributed by atoms with van der Waals surface area (Å²) in [5.41, 5.74) is -0.815. The maximum atomic E-state index is 11.1. The molecule has 108 valence electrons. The van der Waals surface area contributed by atoms with Crippen molar-refractivity contribution in [2.24, 2.45) is 0 Å². The number of methoxy groups -OCH3 is 1. The van der Waals surface area contributed by atoms with Gasteiger partial charge in [-0.25, -0.2) is 0 Å². The summed E-state index contributed by atoms with van der Waals surface area (Å²) in [6, 6.07) is 0. The van der Waals surface area contributed by atoms with Crippen LogP contribution in [0.1, 0.15) is 39.5 Å². The molecule has 1 unspecified atom stereocenters. The Morgan fingerprint density at radius 3 is 2.44 bits per heavy atom. The monoisotopic (exact) mass is 261 g/mol. The topological polar surface area (TPSA) is 67.8 Å². The van der Waals surface area contributed by atoms with Gasteiger partial charge in [0, 0.05) is 26.9 Å². The predicted molar refractivity (Wildman–Crippen MR) is 70.9 cm³/mol. The number of ether oxygens (including phenoxy) is 2. The number of carbonyl (C=O) groups is 1. The fraction of sp³-hybridized carbons (Fsp3) is 0.923. The molecule has 0 aliphatic carbocycles. The summed E-state index contributed by atoms with van der Waals surface area (Å²) in [7, 11) is 1.67. The smallest absolute Gasteiger partial charge is 0.323 e. The molecule has 0 saturated carbocycles. The third kappa shape index (κ3) is 7.63. The number of carboxylic acid groups (broad SMARTS) is 1. The molecule has 0 amide bonds. The second-order valence-corrected chi connectivity index (χ2v) is 4.58. The van der Waals surface area contributed by atoms with E-state index in [9.17, 15) is 4.79 Å². The Morgan fingerprint density at radius 1 is 1.22 bits per heavy atom. The van der Waals surface area contributed by atoms with Gasteiger partial charge in [-0.3, -0.25) is 4.79 Å². The van der Waals surface area contributed by atoms with Crippen LogP contribution in [0.5, 0.6) is 0 Å². The maximum absolute atomic E-state index is 11.1. The Morgan fingerprint density at radius 2 is 1.89 bits per heavy atom. The molecular weight excluding hydrogens is 234 g/mol. The molecule has 5 heteroatoms. The van der Waals surface area contributed by atoms with Crippen molar-refractivity contribution in [1.29, 1.82) is 0 Å². The highest BCUT2D eigenvalue weighted by atomic mass is 16.5. The second kappa shape index (κ2) is 10.3. The van der Waals surface area contributed by atoms with Crippen molar-refractivity contribution in [3.63, 3.8) is 0 Å². The Kier molecular flexibility index (Phi) is 9.92. The van der Waals surface area contributed by atoms with Gasteiger partial charge in [0.15, 0.2) is 0 Å². The Labute approximate surface area is 110 Å². The van der Waals surface area contributed by atoms with E-state index in [1.807, 2.05) is 6.92 Å². The molecule has 0 aromatic carbocycles. The minimum Gasteiger partial charge on any atom is -0.480 e. The van der Waals surface area contributed by atoms with E-state index in [-0.39, 0.29) is 0 Å². The summed E-state index contributed by atoms with van der Waals surface area (Å²) in [5.74, 6) is -0.787. The highest BCUT2D eigenvalue weighted by molar-refractivity contribution is 5.78. The number of hydrogen-bond donors (Lipinski definition) is 2. The van der Waals surface area contributed by atoms with E-state index in [2.05, 4.69) is 5.32 Å². The third-order valence-corrected chi connectivity index (χ3v) is 2.89. The molecule has 0 fully saturated rings. The normalized spacial score (nSPS) is 14.4. The zero-order chi connectivity index (χ0) is 13.9. The first-order chi connectivity index (χ1) is 8.56. The van der Waals surface area contributed by atoms with E-state index >= 15 is 0 Å². The molecule has 0 rings (SSSR count). The summed E-state index contributed by atoms with van der Waals surface area (Å²) in [5, 5.41) is 12.2. The van der Waals surface area contributed by atoms with Gasteiger partial charge in [-0.1, -0.05) is 6.92 Å². The minimum absolute atomic E-state index is 0.623. The minimum atomic E-state index is -0.815. The highest BCUT2D eigenvalue weighted by Gasteiger charge is 2.30. The van der Waals surface area contributed by atoms with E-state index in [1.54, 1.807) is 14.0 Å². The Hall–Kier alpha value is -0.650. The van der Waals surface area contributed by atoms with Gasteiger partial charge in [0.1, 0.15) is 5.54 Å². The second-order valence-electron chi connectivity index (χ2n) is 4.58. The zero-order valence-corrected chi connectivity index (χ0v) is 11.8. The lowest BCUT2D eigenvalue weighted by atomic mass is 9.95. The molecule has 18 heavy (non-hydrogen) atoms. The van der Waals surface area contributed by atoms with Crippen molar-refractivity contribution >= 4 is 5.97 Å². The van der Waals surface area contributed by atoms with Crippen molar-refractivity contribution in [3.05, 3.63) is 0 Å². The number of unbranched alkanes of at least 4 members (excludes halogenated alkanes) is 1. The molecule has 0 spiro atoms. The first-order valence-corrected chi connectivity index (χ1v) is 6.62. The van der Waals surface area contributed by atoms with Crippen LogP contribution in [0.4, 0.5) is 0 Å². The number of likely N-dealkylation sites (N-methyl/N-ethyl adjacent to an activating group) is 1. The molecular formula is C13H27NO4. The van der Waals surface area contributed by atoms with Crippen LogP contribution in [-0.4, -0.2) is 50.1 Å². The van der Waals surface area contributed by atoms with Crippen molar-refractivity contribution in [2.75, 3.05) is 33.5 Å². The molecule has 1 atom stereocenters. The van der Waals surface area contributed by atoms with Crippen LogP contribution in [0.2, 0.25) is 0 Å². The van der Waals surface area contributed by atoms with E-state index in [1.165, 1.54) is 0 Å². The first-order valence-electron chi connectivity index (χ1n) is 6.62. The first kappa shape index (κ1) is 17.4. The molecule has 0 aromatic rings. The number of hydrogen-bond acceptors (Lipinski definition) is 4. The maximum Gasteiger partial charge on any atom is 0.323 e. The summed E-state index contributed by atoms with van der Waals surface area (Å²) in [6.07, 6.45) is 3.26. The summed E-state index contributed by atoms with van der Waals surface area (Å²) < 4.78 is 10.3. The van der Waals surface area contributed by atoms with Crippen molar-refractivity contribution in [2.45, 2.75) is 45.1 Å². The fourth-order valence-electron chi connectivity index (χ4n) is 1.75. The van der Waals surface area contributed by atoms with E-state index < -0.39 is 11.5 Å². The standard InChI is InChI=1S/C13H27NO4/c1-4-14-13(2,12(15)16)8-5-6-10-18-11-7-9-17-3/h14H,4-11H2,1-3H3,(H,15,16). The van der Waals surface area contributed by atoms with E-state index in [4.69, 9.17) is 14.6 Å². The number of rotatable bonds is 12. The van der Waals surface area contributed by atoms with Gasteiger partial charge < -0.3 is 19.9 Å². The van der Waals surface area contributed by atoms with Crippen LogP contribution < -0.4 is 5.32 Å².